The molecule has 6 heteroatoms. The molecule has 120 valence electrons. The number of anilines is 2. The van der Waals surface area contributed by atoms with E-state index in [2.05, 4.69) is 15.5 Å². The number of rotatable bonds is 2. The molecule has 0 saturated carbocycles. The van der Waals surface area contributed by atoms with E-state index in [1.807, 2.05) is 49.4 Å². The molecule has 24 heavy (non-hydrogen) atoms. The first-order valence-corrected chi connectivity index (χ1v) is 7.89. The first kappa shape index (κ1) is 14.8. The summed E-state index contributed by atoms with van der Waals surface area (Å²) in [7, 11) is 1.65. The fourth-order valence-electron chi connectivity index (χ4n) is 2.76. The van der Waals surface area contributed by atoms with Crippen molar-refractivity contribution in [1.29, 1.82) is 0 Å². The van der Waals surface area contributed by atoms with E-state index < -0.39 is 0 Å². The van der Waals surface area contributed by atoms with Crippen LogP contribution in [0.15, 0.2) is 47.5 Å². The van der Waals surface area contributed by atoms with E-state index in [-0.39, 0.29) is 0 Å². The first-order valence-electron chi connectivity index (χ1n) is 7.51. The molecule has 5 nitrogen and oxygen atoms in total. The van der Waals surface area contributed by atoms with Crippen LogP contribution in [0, 0.1) is 6.92 Å². The second-order valence-corrected chi connectivity index (χ2v) is 5.93. The number of nitrogens with one attached hydrogen (secondary N) is 2. The molecule has 0 fully saturated rings. The van der Waals surface area contributed by atoms with Crippen LogP contribution in [0.1, 0.15) is 16.8 Å². The summed E-state index contributed by atoms with van der Waals surface area (Å²) < 4.78 is 5.38. The van der Waals surface area contributed by atoms with Crippen LogP contribution in [0.5, 0.6) is 5.75 Å². The van der Waals surface area contributed by atoms with Gasteiger partial charge < -0.3 is 10.1 Å². The van der Waals surface area contributed by atoms with Crippen molar-refractivity contribution in [3.05, 3.63) is 64.3 Å². The van der Waals surface area contributed by atoms with Gasteiger partial charge in [-0.2, -0.15) is 5.10 Å². The van der Waals surface area contributed by atoms with Gasteiger partial charge in [0.25, 0.3) is 0 Å². The molecule has 0 unspecified atom stereocenters. The van der Waals surface area contributed by atoms with Crippen molar-refractivity contribution in [3.8, 4) is 5.75 Å². The number of aliphatic imine (C=N–C) groups is 1. The van der Waals surface area contributed by atoms with Crippen LogP contribution in [-0.2, 0) is 0 Å². The number of nitrogens with zero attached hydrogens (tertiary/aromatic N) is 2. The highest BCUT2D eigenvalue weighted by Gasteiger charge is 2.22. The van der Waals surface area contributed by atoms with Crippen molar-refractivity contribution >= 4 is 34.5 Å². The Kier molecular flexibility index (Phi) is 3.50. The minimum atomic E-state index is 0.648. The fraction of sp³-hybridized carbons (Fsp3) is 0.111. The molecule has 0 radical (unpaired) electrons. The summed E-state index contributed by atoms with van der Waals surface area (Å²) in [6, 6.07) is 13.5. The summed E-state index contributed by atoms with van der Waals surface area (Å²) >= 11 is 6.44. The van der Waals surface area contributed by atoms with Gasteiger partial charge in [-0.15, -0.1) is 0 Å². The molecule has 2 N–H and O–H groups in total. The normalized spacial score (nSPS) is 12.5. The molecule has 0 spiro atoms. The number of hydrogen-bond acceptors (Lipinski definition) is 4. The molecule has 2 aromatic carbocycles. The summed E-state index contributed by atoms with van der Waals surface area (Å²) in [5, 5.41) is 11.3. The van der Waals surface area contributed by atoms with E-state index in [1.165, 1.54) is 0 Å². The number of H-pyrrole nitrogens is 1. The van der Waals surface area contributed by atoms with Crippen molar-refractivity contribution in [2.75, 3.05) is 12.4 Å². The standard InChI is InChI=1S/C18H15ClN4O/c1-10-16-18(23-22-10)20-15-8-7-11(24-2)9-13(15)17(21-16)12-5-3-4-6-14(12)19/h3-9H,1-2H3,(H2,20,22,23). The van der Waals surface area contributed by atoms with E-state index in [1.54, 1.807) is 7.11 Å². The second-order valence-electron chi connectivity index (χ2n) is 5.52. The zero-order valence-corrected chi connectivity index (χ0v) is 14.0. The average molecular weight is 339 g/mol. The Bertz CT molecular complexity index is 961. The van der Waals surface area contributed by atoms with Crippen LogP contribution in [0.2, 0.25) is 5.02 Å². The van der Waals surface area contributed by atoms with Gasteiger partial charge in [-0.25, -0.2) is 4.99 Å². The lowest BCUT2D eigenvalue weighted by molar-refractivity contribution is 0.415. The molecule has 0 saturated heterocycles. The zero-order chi connectivity index (χ0) is 16.7. The molecule has 0 bridgehead atoms. The number of ether oxygens (including phenoxy) is 1. The Morgan fingerprint density at radius 1 is 1.08 bits per heavy atom. The van der Waals surface area contributed by atoms with Gasteiger partial charge in [0.2, 0.25) is 0 Å². The van der Waals surface area contributed by atoms with Crippen LogP contribution >= 0.6 is 11.6 Å². The largest absolute Gasteiger partial charge is 0.497 e. The highest BCUT2D eigenvalue weighted by molar-refractivity contribution is 6.36. The van der Waals surface area contributed by atoms with Crippen LogP contribution in [0.25, 0.3) is 0 Å². The Hall–Kier alpha value is -2.79. The maximum atomic E-state index is 6.44. The molecular formula is C18H15ClN4O. The van der Waals surface area contributed by atoms with Crippen molar-refractivity contribution in [3.63, 3.8) is 0 Å². The van der Waals surface area contributed by atoms with Crippen molar-refractivity contribution in [2.45, 2.75) is 6.92 Å². The topological polar surface area (TPSA) is 62.3 Å². The van der Waals surface area contributed by atoms with Gasteiger partial charge in [0, 0.05) is 21.8 Å². The lowest BCUT2D eigenvalue weighted by Gasteiger charge is -2.13. The Balaban J connectivity index is 2.03. The van der Waals surface area contributed by atoms with Crippen molar-refractivity contribution in [1.82, 2.24) is 10.2 Å². The number of aryl methyl sites for hydroxylation is 1. The van der Waals surface area contributed by atoms with Crippen molar-refractivity contribution in [2.24, 2.45) is 4.99 Å². The molecular weight excluding hydrogens is 324 g/mol. The highest BCUT2D eigenvalue weighted by atomic mass is 35.5. The average Bonchev–Trinajstić information content (AvgIpc) is 2.85. The lowest BCUT2D eigenvalue weighted by Crippen LogP contribution is -2.06. The van der Waals surface area contributed by atoms with E-state index in [9.17, 15) is 0 Å². The molecule has 0 atom stereocenters. The van der Waals surface area contributed by atoms with Crippen molar-refractivity contribution < 1.29 is 4.74 Å². The summed E-state index contributed by atoms with van der Waals surface area (Å²) in [6.45, 7) is 1.94. The quantitative estimate of drug-likeness (QED) is 0.561. The SMILES string of the molecule is COc1ccc2c(c1)C(c1ccccc1Cl)=Nc1c(n[nH]c1C)N2. The number of hydrogen-bond donors (Lipinski definition) is 2. The number of aromatic amines is 1. The number of benzene rings is 2. The minimum absolute atomic E-state index is 0.648. The van der Waals surface area contributed by atoms with Crippen LogP contribution in [0.4, 0.5) is 17.2 Å². The molecule has 0 amide bonds. The van der Waals surface area contributed by atoms with Gasteiger partial charge in [0.1, 0.15) is 11.4 Å². The van der Waals surface area contributed by atoms with Gasteiger partial charge in [0.05, 0.1) is 18.5 Å². The second kappa shape index (κ2) is 5.69. The van der Waals surface area contributed by atoms with E-state index in [0.29, 0.717) is 10.8 Å². The molecule has 1 aromatic heterocycles. The molecule has 4 rings (SSSR count). The third-order valence-corrected chi connectivity index (χ3v) is 4.33. The first-order chi connectivity index (χ1) is 11.7. The molecule has 1 aliphatic heterocycles. The smallest absolute Gasteiger partial charge is 0.178 e. The molecule has 2 heterocycles. The Morgan fingerprint density at radius 2 is 1.92 bits per heavy atom. The van der Waals surface area contributed by atoms with E-state index >= 15 is 0 Å². The number of halogens is 1. The van der Waals surface area contributed by atoms with E-state index in [4.69, 9.17) is 21.3 Å². The summed E-state index contributed by atoms with van der Waals surface area (Å²) in [5.74, 6) is 1.45. The fourth-order valence-corrected chi connectivity index (χ4v) is 2.99. The zero-order valence-electron chi connectivity index (χ0n) is 13.2. The summed E-state index contributed by atoms with van der Waals surface area (Å²) in [5.41, 5.74) is 5.13. The monoisotopic (exact) mass is 338 g/mol. The van der Waals surface area contributed by atoms with Gasteiger partial charge in [0.15, 0.2) is 5.82 Å². The molecule has 0 aliphatic carbocycles. The maximum absolute atomic E-state index is 6.44. The Labute approximate surface area is 144 Å². The number of methoxy groups -OCH3 is 1. The number of aromatic nitrogens is 2. The van der Waals surface area contributed by atoms with Gasteiger partial charge in [-0.05, 0) is 31.2 Å². The van der Waals surface area contributed by atoms with Crippen LogP contribution in [-0.4, -0.2) is 23.0 Å². The third-order valence-electron chi connectivity index (χ3n) is 4.00. The summed E-state index contributed by atoms with van der Waals surface area (Å²) in [4.78, 5) is 4.87. The summed E-state index contributed by atoms with van der Waals surface area (Å²) in [6.07, 6.45) is 0. The predicted octanol–water partition coefficient (Wildman–Crippen LogP) is 4.61. The maximum Gasteiger partial charge on any atom is 0.178 e. The third kappa shape index (κ3) is 2.34. The number of fused-ring (bicyclic) bond motifs is 2. The van der Waals surface area contributed by atoms with Crippen LogP contribution in [0.3, 0.4) is 0 Å². The van der Waals surface area contributed by atoms with E-state index in [0.717, 1.165) is 39.7 Å². The minimum Gasteiger partial charge on any atom is -0.497 e. The van der Waals surface area contributed by atoms with Gasteiger partial charge in [-0.1, -0.05) is 29.8 Å². The van der Waals surface area contributed by atoms with Gasteiger partial charge >= 0.3 is 0 Å². The molecule has 3 aromatic rings. The predicted molar refractivity (Wildman–Crippen MR) is 96.4 cm³/mol. The van der Waals surface area contributed by atoms with Crippen LogP contribution < -0.4 is 10.1 Å². The van der Waals surface area contributed by atoms with Gasteiger partial charge in [-0.3, -0.25) is 5.10 Å². The molecule has 1 aliphatic rings. The highest BCUT2D eigenvalue weighted by Crippen LogP contribution is 2.38. The lowest BCUT2D eigenvalue weighted by atomic mass is 10.00. The Morgan fingerprint density at radius 3 is 2.71 bits per heavy atom.